The van der Waals surface area contributed by atoms with Crippen LogP contribution in [0.1, 0.15) is 29.2 Å². The first kappa shape index (κ1) is 20.1. The van der Waals surface area contributed by atoms with Crippen LogP contribution in [0.3, 0.4) is 0 Å². The van der Waals surface area contributed by atoms with E-state index in [2.05, 4.69) is 25.6 Å². The zero-order valence-corrected chi connectivity index (χ0v) is 18.2. The standard InChI is InChI=1S/C23H19ClN6O2/c1-13-21-17(16-5-3-4-6-19(16)32-2)11-20(31)27-22(21)30(29-13)23-26-18(12-25-28-23)14-7-9-15(24)10-8-14/h3-10,12,17H,11H2,1-2H3,(H,27,31)/t17-/m0/s1. The molecule has 3 heterocycles. The Bertz CT molecular complexity index is 1320. The number of aryl methyl sites for hydroxylation is 1. The van der Waals surface area contributed by atoms with Gasteiger partial charge < -0.3 is 10.1 Å². The highest BCUT2D eigenvalue weighted by Crippen LogP contribution is 2.42. The van der Waals surface area contributed by atoms with Crippen molar-refractivity contribution >= 4 is 23.3 Å². The Kier molecular flexibility index (Phi) is 5.07. The number of nitrogens with one attached hydrogen (secondary N) is 1. The van der Waals surface area contributed by atoms with Gasteiger partial charge in [0.25, 0.3) is 5.95 Å². The number of carbonyl (C=O) groups excluding carboxylic acids is 1. The molecule has 160 valence electrons. The highest BCUT2D eigenvalue weighted by atomic mass is 35.5. The predicted octanol–water partition coefficient (Wildman–Crippen LogP) is 4.17. The number of benzene rings is 2. The molecule has 2 aromatic heterocycles. The molecule has 0 unspecified atom stereocenters. The van der Waals surface area contributed by atoms with E-state index >= 15 is 0 Å². The molecular weight excluding hydrogens is 428 g/mol. The lowest BCUT2D eigenvalue weighted by molar-refractivity contribution is -0.116. The number of fused-ring (bicyclic) bond motifs is 1. The van der Waals surface area contributed by atoms with E-state index in [0.717, 1.165) is 28.1 Å². The molecule has 1 amide bonds. The first-order chi connectivity index (χ1) is 15.5. The molecule has 5 rings (SSSR count). The summed E-state index contributed by atoms with van der Waals surface area (Å²) in [7, 11) is 1.63. The number of ether oxygens (including phenoxy) is 1. The highest BCUT2D eigenvalue weighted by Gasteiger charge is 2.34. The monoisotopic (exact) mass is 446 g/mol. The SMILES string of the molecule is COc1ccccc1[C@@H]1CC(=O)Nc2c1c(C)nn2-c1nncc(-c2ccc(Cl)cc2)n1. The van der Waals surface area contributed by atoms with E-state index in [9.17, 15) is 4.79 Å². The summed E-state index contributed by atoms with van der Waals surface area (Å²) in [6.07, 6.45) is 1.87. The van der Waals surface area contributed by atoms with Gasteiger partial charge in [-0.05, 0) is 25.1 Å². The highest BCUT2D eigenvalue weighted by molar-refractivity contribution is 6.30. The fourth-order valence-corrected chi connectivity index (χ4v) is 4.18. The molecular formula is C23H19ClN6O2. The van der Waals surface area contributed by atoms with E-state index in [4.69, 9.17) is 16.3 Å². The van der Waals surface area contributed by atoms with Gasteiger partial charge in [-0.3, -0.25) is 4.79 Å². The van der Waals surface area contributed by atoms with Crippen LogP contribution in [0.25, 0.3) is 17.2 Å². The van der Waals surface area contributed by atoms with Crippen molar-refractivity contribution in [2.24, 2.45) is 0 Å². The molecule has 32 heavy (non-hydrogen) atoms. The molecule has 0 saturated carbocycles. The summed E-state index contributed by atoms with van der Waals surface area (Å²) in [5, 5.41) is 16.5. The average Bonchev–Trinajstić information content (AvgIpc) is 3.15. The zero-order chi connectivity index (χ0) is 22.2. The molecule has 8 nitrogen and oxygen atoms in total. The molecule has 0 spiro atoms. The van der Waals surface area contributed by atoms with Gasteiger partial charge in [0.2, 0.25) is 5.91 Å². The van der Waals surface area contributed by atoms with Crippen LogP contribution in [0.2, 0.25) is 5.02 Å². The molecule has 0 aliphatic carbocycles. The van der Waals surface area contributed by atoms with Crippen LogP contribution in [0.4, 0.5) is 5.82 Å². The topological polar surface area (TPSA) is 94.8 Å². The minimum Gasteiger partial charge on any atom is -0.496 e. The number of carbonyl (C=O) groups is 1. The molecule has 0 bridgehead atoms. The molecule has 1 aliphatic rings. The number of hydrogen-bond donors (Lipinski definition) is 1. The number of halogens is 1. The van der Waals surface area contributed by atoms with E-state index in [1.54, 1.807) is 25.4 Å². The fraction of sp³-hybridized carbons (Fsp3) is 0.174. The molecule has 1 aliphatic heterocycles. The molecule has 0 fully saturated rings. The van der Waals surface area contributed by atoms with Crippen LogP contribution in [-0.2, 0) is 4.79 Å². The van der Waals surface area contributed by atoms with Crippen LogP contribution in [0, 0.1) is 6.92 Å². The summed E-state index contributed by atoms with van der Waals surface area (Å²) in [6.45, 7) is 1.91. The van der Waals surface area contributed by atoms with Crippen molar-refractivity contribution < 1.29 is 9.53 Å². The largest absolute Gasteiger partial charge is 0.496 e. The second-order valence-electron chi connectivity index (χ2n) is 7.45. The van der Waals surface area contributed by atoms with Crippen molar-refractivity contribution in [3.8, 4) is 23.0 Å². The molecule has 2 aromatic carbocycles. The minimum absolute atomic E-state index is 0.114. The van der Waals surface area contributed by atoms with Crippen LogP contribution < -0.4 is 10.1 Å². The number of rotatable bonds is 4. The summed E-state index contributed by atoms with van der Waals surface area (Å²) < 4.78 is 7.09. The number of hydrogen-bond acceptors (Lipinski definition) is 6. The van der Waals surface area contributed by atoms with E-state index in [1.165, 1.54) is 4.68 Å². The average molecular weight is 447 g/mol. The number of nitrogens with zero attached hydrogens (tertiary/aromatic N) is 5. The maximum atomic E-state index is 12.7. The van der Waals surface area contributed by atoms with E-state index in [0.29, 0.717) is 23.0 Å². The number of methoxy groups -OCH3 is 1. The Hall–Kier alpha value is -3.78. The number of anilines is 1. The summed E-state index contributed by atoms with van der Waals surface area (Å²) in [5.41, 5.74) is 4.09. The van der Waals surface area contributed by atoms with Crippen LogP contribution >= 0.6 is 11.6 Å². The Labute approximate surface area is 189 Å². The van der Waals surface area contributed by atoms with Gasteiger partial charge in [-0.2, -0.15) is 14.9 Å². The summed E-state index contributed by atoms with van der Waals surface area (Å²) in [6, 6.07) is 15.0. The Morgan fingerprint density at radius 2 is 1.94 bits per heavy atom. The third-order valence-corrected chi connectivity index (χ3v) is 5.75. The Morgan fingerprint density at radius 1 is 1.16 bits per heavy atom. The second-order valence-corrected chi connectivity index (χ2v) is 7.89. The molecule has 9 heteroatoms. The van der Waals surface area contributed by atoms with Gasteiger partial charge in [-0.15, -0.1) is 5.10 Å². The van der Waals surface area contributed by atoms with Crippen molar-refractivity contribution in [1.29, 1.82) is 0 Å². The lowest BCUT2D eigenvalue weighted by Gasteiger charge is -2.25. The van der Waals surface area contributed by atoms with Crippen molar-refractivity contribution in [2.45, 2.75) is 19.3 Å². The van der Waals surface area contributed by atoms with Crippen molar-refractivity contribution in [3.05, 3.63) is 76.6 Å². The van der Waals surface area contributed by atoms with Crippen molar-refractivity contribution in [3.63, 3.8) is 0 Å². The Morgan fingerprint density at radius 3 is 2.72 bits per heavy atom. The van der Waals surface area contributed by atoms with E-state index < -0.39 is 0 Å². The number of aromatic nitrogens is 5. The van der Waals surface area contributed by atoms with E-state index in [-0.39, 0.29) is 17.8 Å². The van der Waals surface area contributed by atoms with E-state index in [1.807, 2.05) is 43.3 Å². The predicted molar refractivity (Wildman–Crippen MR) is 120 cm³/mol. The van der Waals surface area contributed by atoms with Gasteiger partial charge >= 0.3 is 0 Å². The fourth-order valence-electron chi connectivity index (χ4n) is 4.06. The normalized spacial score (nSPS) is 15.2. The lowest BCUT2D eigenvalue weighted by atomic mass is 9.85. The summed E-state index contributed by atoms with van der Waals surface area (Å²) in [4.78, 5) is 17.3. The third kappa shape index (κ3) is 3.48. The molecule has 0 radical (unpaired) electrons. The quantitative estimate of drug-likeness (QED) is 0.505. The van der Waals surface area contributed by atoms with Crippen molar-refractivity contribution in [1.82, 2.24) is 25.0 Å². The van der Waals surface area contributed by atoms with Crippen LogP contribution in [0.5, 0.6) is 5.75 Å². The van der Waals surface area contributed by atoms with Crippen molar-refractivity contribution in [2.75, 3.05) is 12.4 Å². The summed E-state index contributed by atoms with van der Waals surface area (Å²) in [5.74, 6) is 1.23. The van der Waals surface area contributed by atoms with Gasteiger partial charge in [-0.25, -0.2) is 4.98 Å². The molecule has 1 N–H and O–H groups in total. The zero-order valence-electron chi connectivity index (χ0n) is 17.4. The van der Waals surface area contributed by atoms with Gasteiger partial charge in [0.1, 0.15) is 11.6 Å². The smallest absolute Gasteiger partial charge is 0.272 e. The Balaban J connectivity index is 1.62. The maximum Gasteiger partial charge on any atom is 0.272 e. The second kappa shape index (κ2) is 8.05. The van der Waals surface area contributed by atoms with Crippen LogP contribution in [0.15, 0.2) is 54.7 Å². The summed E-state index contributed by atoms with van der Waals surface area (Å²) >= 11 is 6.00. The molecule has 4 aromatic rings. The lowest BCUT2D eigenvalue weighted by Crippen LogP contribution is -2.25. The van der Waals surface area contributed by atoms with Gasteiger partial charge in [0, 0.05) is 34.1 Å². The number of amides is 1. The molecule has 0 saturated heterocycles. The van der Waals surface area contributed by atoms with Gasteiger partial charge in [0.15, 0.2) is 0 Å². The molecule has 1 atom stereocenters. The third-order valence-electron chi connectivity index (χ3n) is 5.49. The van der Waals surface area contributed by atoms with Crippen LogP contribution in [-0.4, -0.2) is 38.0 Å². The minimum atomic E-state index is -0.198. The first-order valence-electron chi connectivity index (χ1n) is 10.0. The number of para-hydroxylation sites is 1. The first-order valence-corrected chi connectivity index (χ1v) is 10.4. The van der Waals surface area contributed by atoms with Gasteiger partial charge in [-0.1, -0.05) is 41.9 Å². The van der Waals surface area contributed by atoms with Gasteiger partial charge in [0.05, 0.1) is 24.7 Å². The maximum absolute atomic E-state index is 12.7.